The maximum atomic E-state index is 11.8. The molecule has 0 saturated carbocycles. The first-order valence-electron chi connectivity index (χ1n) is 4.69. The van der Waals surface area contributed by atoms with Gasteiger partial charge in [-0.05, 0) is 18.2 Å². The number of carbonyl (C=O) groups is 1. The van der Waals surface area contributed by atoms with Crippen LogP contribution in [0.1, 0.15) is 10.4 Å². The van der Waals surface area contributed by atoms with E-state index in [4.69, 9.17) is 23.2 Å². The molecule has 0 spiro atoms. The average Bonchev–Trinajstić information content (AvgIpc) is 2.30. The molecule has 86 valence electrons. The van der Waals surface area contributed by atoms with Gasteiger partial charge in [0, 0.05) is 12.4 Å². The summed E-state index contributed by atoms with van der Waals surface area (Å²) in [5.74, 6) is -0.354. The Kier molecular flexibility index (Phi) is 3.56. The number of hydrogen-bond donors (Lipinski definition) is 1. The lowest BCUT2D eigenvalue weighted by atomic mass is 10.2. The number of anilines is 1. The highest BCUT2D eigenvalue weighted by Crippen LogP contribution is 2.19. The minimum atomic E-state index is -0.354. The molecule has 0 fully saturated rings. The molecule has 1 N–H and O–H groups in total. The molecule has 0 radical (unpaired) electrons. The fraction of sp³-hybridized carbons (Fsp3) is 0. The van der Waals surface area contributed by atoms with Gasteiger partial charge in [-0.3, -0.25) is 9.78 Å². The molecular weight excluding hydrogens is 261 g/mol. The molecule has 6 heteroatoms. The summed E-state index contributed by atoms with van der Waals surface area (Å²) in [5, 5.41) is 3.15. The summed E-state index contributed by atoms with van der Waals surface area (Å²) in [6, 6.07) is 4.86. The summed E-state index contributed by atoms with van der Waals surface area (Å²) in [6.45, 7) is 0. The molecule has 0 bridgehead atoms. The Bertz CT molecular complexity index is 546. The zero-order valence-corrected chi connectivity index (χ0v) is 10.0. The minimum Gasteiger partial charge on any atom is -0.320 e. The minimum absolute atomic E-state index is 0.243. The monoisotopic (exact) mass is 267 g/mol. The first-order valence-corrected chi connectivity index (χ1v) is 5.45. The van der Waals surface area contributed by atoms with Gasteiger partial charge in [-0.25, -0.2) is 4.98 Å². The number of amides is 1. The van der Waals surface area contributed by atoms with Gasteiger partial charge in [-0.1, -0.05) is 23.2 Å². The smallest absolute Gasteiger partial charge is 0.258 e. The van der Waals surface area contributed by atoms with Crippen LogP contribution in [0, 0.1) is 0 Å². The van der Waals surface area contributed by atoms with E-state index in [9.17, 15) is 4.79 Å². The number of aromatic nitrogens is 2. The molecule has 4 nitrogen and oxygen atoms in total. The summed E-state index contributed by atoms with van der Waals surface area (Å²) in [5.41, 5.74) is 0.850. The van der Waals surface area contributed by atoms with E-state index in [2.05, 4.69) is 15.3 Å². The van der Waals surface area contributed by atoms with Crippen molar-refractivity contribution >= 4 is 34.8 Å². The number of halogens is 2. The maximum absolute atomic E-state index is 11.8. The molecule has 0 aromatic carbocycles. The third kappa shape index (κ3) is 2.93. The zero-order valence-electron chi connectivity index (χ0n) is 8.52. The lowest BCUT2D eigenvalue weighted by molar-refractivity contribution is 0.102. The quantitative estimate of drug-likeness (QED) is 0.851. The van der Waals surface area contributed by atoms with Crippen LogP contribution in [0.25, 0.3) is 0 Å². The molecule has 0 aliphatic heterocycles. The van der Waals surface area contributed by atoms with E-state index in [1.807, 2.05) is 0 Å². The highest BCUT2D eigenvalue weighted by Gasteiger charge is 2.11. The maximum Gasteiger partial charge on any atom is 0.258 e. The Morgan fingerprint density at radius 3 is 2.76 bits per heavy atom. The Balaban J connectivity index is 2.21. The second-order valence-electron chi connectivity index (χ2n) is 3.18. The fourth-order valence-electron chi connectivity index (χ4n) is 1.21. The molecule has 0 unspecified atom stereocenters. The average molecular weight is 268 g/mol. The van der Waals surface area contributed by atoms with Gasteiger partial charge in [-0.2, -0.15) is 0 Å². The van der Waals surface area contributed by atoms with Crippen LogP contribution in [0.5, 0.6) is 0 Å². The molecule has 0 aliphatic carbocycles. The Labute approximate surface area is 108 Å². The van der Waals surface area contributed by atoms with Crippen LogP contribution < -0.4 is 5.32 Å². The number of pyridine rings is 2. The highest BCUT2D eigenvalue weighted by atomic mass is 35.5. The number of hydrogen-bond acceptors (Lipinski definition) is 3. The van der Waals surface area contributed by atoms with Gasteiger partial charge in [0.2, 0.25) is 0 Å². The molecule has 0 saturated heterocycles. The van der Waals surface area contributed by atoms with Crippen LogP contribution in [0.4, 0.5) is 5.69 Å². The molecule has 1 amide bonds. The molecule has 2 heterocycles. The number of nitrogens with zero attached hydrogens (tertiary/aromatic N) is 2. The summed E-state index contributed by atoms with van der Waals surface area (Å²) in [4.78, 5) is 19.5. The normalized spacial score (nSPS) is 10.0. The summed E-state index contributed by atoms with van der Waals surface area (Å²) in [7, 11) is 0. The third-order valence-corrected chi connectivity index (χ3v) is 2.50. The van der Waals surface area contributed by atoms with Crippen molar-refractivity contribution in [3.8, 4) is 0 Å². The molecule has 0 aliphatic rings. The van der Waals surface area contributed by atoms with Crippen molar-refractivity contribution in [3.05, 3.63) is 52.5 Å². The molecule has 2 rings (SSSR count). The topological polar surface area (TPSA) is 54.9 Å². The molecule has 17 heavy (non-hydrogen) atoms. The second-order valence-corrected chi connectivity index (χ2v) is 3.98. The van der Waals surface area contributed by atoms with Crippen LogP contribution in [-0.4, -0.2) is 15.9 Å². The highest BCUT2D eigenvalue weighted by molar-refractivity contribution is 6.36. The fourth-order valence-corrected chi connectivity index (χ4v) is 1.66. The third-order valence-electron chi connectivity index (χ3n) is 1.98. The largest absolute Gasteiger partial charge is 0.320 e. The lowest BCUT2D eigenvalue weighted by Crippen LogP contribution is -2.12. The van der Waals surface area contributed by atoms with Crippen LogP contribution in [0.2, 0.25) is 10.2 Å². The molecule has 2 aromatic rings. The van der Waals surface area contributed by atoms with E-state index in [1.165, 1.54) is 18.5 Å². The summed E-state index contributed by atoms with van der Waals surface area (Å²) >= 11 is 11.5. The predicted octanol–water partition coefficient (Wildman–Crippen LogP) is 3.04. The lowest BCUT2D eigenvalue weighted by Gasteiger charge is -2.05. The first kappa shape index (κ1) is 11.8. The van der Waals surface area contributed by atoms with E-state index >= 15 is 0 Å². The SMILES string of the molecule is O=C(Nc1cccnc1)c1cnc(Cl)cc1Cl. The van der Waals surface area contributed by atoms with E-state index in [1.54, 1.807) is 18.3 Å². The van der Waals surface area contributed by atoms with Gasteiger partial charge in [0.05, 0.1) is 22.5 Å². The van der Waals surface area contributed by atoms with Crippen molar-refractivity contribution < 1.29 is 4.79 Å². The van der Waals surface area contributed by atoms with Gasteiger partial charge in [0.15, 0.2) is 0 Å². The summed E-state index contributed by atoms with van der Waals surface area (Å²) < 4.78 is 0. The van der Waals surface area contributed by atoms with Crippen LogP contribution >= 0.6 is 23.2 Å². The van der Waals surface area contributed by atoms with Crippen molar-refractivity contribution in [3.63, 3.8) is 0 Å². The van der Waals surface area contributed by atoms with E-state index in [0.717, 1.165) is 0 Å². The van der Waals surface area contributed by atoms with E-state index in [-0.39, 0.29) is 21.6 Å². The first-order chi connectivity index (χ1) is 8.16. The van der Waals surface area contributed by atoms with Crippen molar-refractivity contribution in [1.29, 1.82) is 0 Å². The number of rotatable bonds is 2. The molecule has 2 aromatic heterocycles. The van der Waals surface area contributed by atoms with Crippen molar-refractivity contribution in [1.82, 2.24) is 9.97 Å². The Hall–Kier alpha value is -1.65. The number of carbonyl (C=O) groups excluding carboxylic acids is 1. The van der Waals surface area contributed by atoms with Gasteiger partial charge in [-0.15, -0.1) is 0 Å². The number of nitrogens with one attached hydrogen (secondary N) is 1. The standard InChI is InChI=1S/C11H7Cl2N3O/c12-9-4-10(13)15-6-8(9)11(17)16-7-2-1-3-14-5-7/h1-6H,(H,16,17). The van der Waals surface area contributed by atoms with Crippen LogP contribution in [0.3, 0.4) is 0 Å². The van der Waals surface area contributed by atoms with E-state index < -0.39 is 0 Å². The predicted molar refractivity (Wildman–Crippen MR) is 66.4 cm³/mol. The zero-order chi connectivity index (χ0) is 12.3. The van der Waals surface area contributed by atoms with Gasteiger partial charge in [0.1, 0.15) is 5.15 Å². The molecular formula is C11H7Cl2N3O. The van der Waals surface area contributed by atoms with Crippen LogP contribution in [-0.2, 0) is 0 Å². The Morgan fingerprint density at radius 2 is 2.12 bits per heavy atom. The van der Waals surface area contributed by atoms with Crippen molar-refractivity contribution in [2.24, 2.45) is 0 Å². The van der Waals surface area contributed by atoms with E-state index in [0.29, 0.717) is 5.69 Å². The van der Waals surface area contributed by atoms with Gasteiger partial charge >= 0.3 is 0 Å². The second kappa shape index (κ2) is 5.12. The van der Waals surface area contributed by atoms with Crippen molar-refractivity contribution in [2.45, 2.75) is 0 Å². The molecule has 0 atom stereocenters. The van der Waals surface area contributed by atoms with Gasteiger partial charge < -0.3 is 5.32 Å². The van der Waals surface area contributed by atoms with Gasteiger partial charge in [0.25, 0.3) is 5.91 Å². The summed E-state index contributed by atoms with van der Waals surface area (Å²) in [6.07, 6.45) is 4.48. The van der Waals surface area contributed by atoms with Crippen molar-refractivity contribution in [2.75, 3.05) is 5.32 Å². The Morgan fingerprint density at radius 1 is 1.29 bits per heavy atom. The van der Waals surface area contributed by atoms with Crippen LogP contribution in [0.15, 0.2) is 36.8 Å².